The molecule has 2 nitrogen and oxygen atoms in total. The molecule has 0 aliphatic carbocycles. The summed E-state index contributed by atoms with van der Waals surface area (Å²) in [7, 11) is 0. The van der Waals surface area contributed by atoms with Gasteiger partial charge in [0.2, 0.25) is 0 Å². The molecule has 3 N–H and O–H groups in total. The maximum absolute atomic E-state index is 6.59. The lowest BCUT2D eigenvalue weighted by Crippen LogP contribution is -2.34. The number of hydrogen-bond donors (Lipinski definition) is 2. The Kier molecular flexibility index (Phi) is 7.25. The van der Waals surface area contributed by atoms with Gasteiger partial charge < -0.3 is 11.1 Å². The van der Waals surface area contributed by atoms with Gasteiger partial charge in [-0.05, 0) is 67.7 Å². The SMILES string of the molecule is Cl.N[C@@H](c1ccccc1Sc1ccc(Cl)cc1)C1CCNCC1. The fraction of sp³-hybridized carbons (Fsp3) is 0.333. The van der Waals surface area contributed by atoms with Crippen molar-refractivity contribution in [3.63, 3.8) is 0 Å². The van der Waals surface area contributed by atoms with Crippen molar-refractivity contribution in [3.8, 4) is 0 Å². The van der Waals surface area contributed by atoms with Crippen LogP contribution < -0.4 is 11.1 Å². The van der Waals surface area contributed by atoms with E-state index in [9.17, 15) is 0 Å². The highest BCUT2D eigenvalue weighted by molar-refractivity contribution is 7.99. The lowest BCUT2D eigenvalue weighted by atomic mass is 9.86. The minimum atomic E-state index is 0. The molecule has 1 heterocycles. The van der Waals surface area contributed by atoms with E-state index in [2.05, 4.69) is 41.7 Å². The molecule has 0 aromatic heterocycles. The zero-order chi connectivity index (χ0) is 15.4. The van der Waals surface area contributed by atoms with Crippen molar-refractivity contribution in [2.75, 3.05) is 13.1 Å². The van der Waals surface area contributed by atoms with E-state index in [-0.39, 0.29) is 18.4 Å². The van der Waals surface area contributed by atoms with Gasteiger partial charge in [-0.2, -0.15) is 0 Å². The highest BCUT2D eigenvalue weighted by Crippen LogP contribution is 2.36. The second kappa shape index (κ2) is 8.95. The largest absolute Gasteiger partial charge is 0.324 e. The topological polar surface area (TPSA) is 38.0 Å². The van der Waals surface area contributed by atoms with E-state index in [0.717, 1.165) is 31.0 Å². The van der Waals surface area contributed by atoms with E-state index in [1.165, 1.54) is 15.4 Å². The van der Waals surface area contributed by atoms with Gasteiger partial charge in [-0.25, -0.2) is 0 Å². The molecular formula is C18H22Cl2N2S. The highest BCUT2D eigenvalue weighted by Gasteiger charge is 2.23. The second-order valence-corrected chi connectivity index (χ2v) is 7.26. The smallest absolute Gasteiger partial charge is 0.0406 e. The average molecular weight is 369 g/mol. The van der Waals surface area contributed by atoms with Gasteiger partial charge in [0, 0.05) is 20.9 Å². The standard InChI is InChI=1S/C18H21ClN2S.ClH/c19-14-5-7-15(8-6-14)22-17-4-2-1-3-16(17)18(20)13-9-11-21-12-10-13;/h1-8,13,18,21H,9-12,20H2;1H/t18-;/m1./s1. The third-order valence-electron chi connectivity index (χ3n) is 4.21. The van der Waals surface area contributed by atoms with Gasteiger partial charge >= 0.3 is 0 Å². The van der Waals surface area contributed by atoms with Crippen molar-refractivity contribution >= 4 is 35.8 Å². The molecule has 1 saturated heterocycles. The van der Waals surface area contributed by atoms with Crippen molar-refractivity contribution < 1.29 is 0 Å². The van der Waals surface area contributed by atoms with Crippen LogP contribution in [0.1, 0.15) is 24.4 Å². The second-order valence-electron chi connectivity index (χ2n) is 5.71. The van der Waals surface area contributed by atoms with Gasteiger partial charge in [0.25, 0.3) is 0 Å². The molecule has 5 heteroatoms. The minimum absolute atomic E-state index is 0. The highest BCUT2D eigenvalue weighted by atomic mass is 35.5. The average Bonchev–Trinajstić information content (AvgIpc) is 2.58. The fourth-order valence-corrected chi connectivity index (χ4v) is 4.06. The van der Waals surface area contributed by atoms with Gasteiger partial charge in [0.1, 0.15) is 0 Å². The Hall–Kier alpha value is -0.710. The van der Waals surface area contributed by atoms with Crippen molar-refractivity contribution in [1.82, 2.24) is 5.32 Å². The molecule has 3 rings (SSSR count). The first-order valence-electron chi connectivity index (χ1n) is 7.72. The summed E-state index contributed by atoms with van der Waals surface area (Å²) in [6, 6.07) is 16.6. The number of benzene rings is 2. The predicted molar refractivity (Wildman–Crippen MR) is 102 cm³/mol. The van der Waals surface area contributed by atoms with Crippen LogP contribution in [0.2, 0.25) is 5.02 Å². The molecule has 0 saturated carbocycles. The van der Waals surface area contributed by atoms with Crippen LogP contribution in [-0.4, -0.2) is 13.1 Å². The van der Waals surface area contributed by atoms with Crippen molar-refractivity contribution in [2.45, 2.75) is 28.7 Å². The van der Waals surface area contributed by atoms with Crippen LogP contribution in [0, 0.1) is 5.92 Å². The first-order chi connectivity index (χ1) is 10.7. The van der Waals surface area contributed by atoms with Crippen molar-refractivity contribution in [2.24, 2.45) is 11.7 Å². The molecule has 1 aliphatic rings. The number of hydrogen-bond acceptors (Lipinski definition) is 3. The summed E-state index contributed by atoms with van der Waals surface area (Å²) in [4.78, 5) is 2.44. The molecule has 1 fully saturated rings. The number of piperidine rings is 1. The van der Waals surface area contributed by atoms with Gasteiger partial charge in [0.15, 0.2) is 0 Å². The maximum Gasteiger partial charge on any atom is 0.0406 e. The Morgan fingerprint density at radius 3 is 2.39 bits per heavy atom. The Balaban J connectivity index is 0.00000192. The van der Waals surface area contributed by atoms with Gasteiger partial charge in [0.05, 0.1) is 0 Å². The molecule has 0 unspecified atom stereocenters. The summed E-state index contributed by atoms with van der Waals surface area (Å²) in [6.45, 7) is 2.15. The Bertz CT molecular complexity index is 613. The van der Waals surface area contributed by atoms with Crippen LogP contribution in [0.4, 0.5) is 0 Å². The lowest BCUT2D eigenvalue weighted by molar-refractivity contribution is 0.320. The first kappa shape index (κ1) is 18.6. The van der Waals surface area contributed by atoms with Crippen LogP contribution in [0.15, 0.2) is 58.3 Å². The monoisotopic (exact) mass is 368 g/mol. The molecule has 2 aromatic rings. The van der Waals surface area contributed by atoms with E-state index in [4.69, 9.17) is 17.3 Å². The summed E-state index contributed by atoms with van der Waals surface area (Å²) in [5, 5.41) is 4.18. The van der Waals surface area contributed by atoms with E-state index in [0.29, 0.717) is 5.92 Å². The molecule has 1 aliphatic heterocycles. The van der Waals surface area contributed by atoms with Crippen LogP contribution >= 0.6 is 35.8 Å². The maximum atomic E-state index is 6.59. The molecule has 0 bridgehead atoms. The predicted octanol–water partition coefficient (Wildman–Crippen LogP) is 4.91. The lowest BCUT2D eigenvalue weighted by Gasteiger charge is -2.29. The summed E-state index contributed by atoms with van der Waals surface area (Å²) in [5.41, 5.74) is 7.84. The molecule has 2 aromatic carbocycles. The number of nitrogens with two attached hydrogens (primary N) is 1. The first-order valence-corrected chi connectivity index (χ1v) is 8.92. The van der Waals surface area contributed by atoms with Crippen LogP contribution in [-0.2, 0) is 0 Å². The molecule has 23 heavy (non-hydrogen) atoms. The van der Waals surface area contributed by atoms with Gasteiger partial charge in [-0.3, -0.25) is 0 Å². The zero-order valence-corrected chi connectivity index (χ0v) is 15.3. The Labute approximate surface area is 153 Å². The fourth-order valence-electron chi connectivity index (χ4n) is 2.94. The van der Waals surface area contributed by atoms with Crippen LogP contribution in [0.25, 0.3) is 0 Å². The summed E-state index contributed by atoms with van der Waals surface area (Å²) in [5.74, 6) is 0.563. The molecule has 1 atom stereocenters. The number of nitrogens with one attached hydrogen (secondary N) is 1. The summed E-state index contributed by atoms with van der Waals surface area (Å²) >= 11 is 7.72. The van der Waals surface area contributed by atoms with Crippen LogP contribution in [0.5, 0.6) is 0 Å². The third-order valence-corrected chi connectivity index (χ3v) is 5.56. The molecular weight excluding hydrogens is 347 g/mol. The molecule has 0 radical (unpaired) electrons. The van der Waals surface area contributed by atoms with E-state index < -0.39 is 0 Å². The van der Waals surface area contributed by atoms with Crippen molar-refractivity contribution in [1.29, 1.82) is 0 Å². The minimum Gasteiger partial charge on any atom is -0.324 e. The normalized spacial score (nSPS) is 16.6. The van der Waals surface area contributed by atoms with E-state index in [1.807, 2.05) is 12.1 Å². The molecule has 0 spiro atoms. The van der Waals surface area contributed by atoms with Gasteiger partial charge in [-0.15, -0.1) is 12.4 Å². The quantitative estimate of drug-likeness (QED) is 0.804. The zero-order valence-electron chi connectivity index (χ0n) is 12.9. The molecule has 0 amide bonds. The summed E-state index contributed by atoms with van der Waals surface area (Å²) < 4.78 is 0. The third kappa shape index (κ3) is 4.88. The number of rotatable bonds is 4. The van der Waals surface area contributed by atoms with Gasteiger partial charge in [-0.1, -0.05) is 41.6 Å². The Morgan fingerprint density at radius 2 is 1.70 bits per heavy atom. The summed E-state index contributed by atoms with van der Waals surface area (Å²) in [6.07, 6.45) is 2.31. The van der Waals surface area contributed by atoms with Crippen LogP contribution in [0.3, 0.4) is 0 Å². The van der Waals surface area contributed by atoms with E-state index in [1.54, 1.807) is 11.8 Å². The van der Waals surface area contributed by atoms with E-state index >= 15 is 0 Å². The van der Waals surface area contributed by atoms with Crippen molar-refractivity contribution in [3.05, 3.63) is 59.1 Å². The Morgan fingerprint density at radius 1 is 1.04 bits per heavy atom. The number of halogens is 2. The molecule has 124 valence electrons.